The zero-order valence-electron chi connectivity index (χ0n) is 10.6. The van der Waals surface area contributed by atoms with E-state index in [-0.39, 0.29) is 5.91 Å². The van der Waals surface area contributed by atoms with Gasteiger partial charge in [-0.2, -0.15) is 0 Å². The summed E-state index contributed by atoms with van der Waals surface area (Å²) >= 11 is 0. The second-order valence-electron chi connectivity index (χ2n) is 4.14. The third kappa shape index (κ3) is 2.77. The third-order valence-electron chi connectivity index (χ3n) is 2.72. The van der Waals surface area contributed by atoms with Gasteiger partial charge in [-0.3, -0.25) is 4.79 Å². The number of nitrogens with zero attached hydrogens (tertiary/aromatic N) is 2. The Bertz CT molecular complexity index is 520. The highest BCUT2D eigenvalue weighted by atomic mass is 16.5. The highest BCUT2D eigenvalue weighted by Gasteiger charge is 2.18. The highest BCUT2D eigenvalue weighted by Crippen LogP contribution is 2.10. The summed E-state index contributed by atoms with van der Waals surface area (Å²) in [4.78, 5) is 13.9. The van der Waals surface area contributed by atoms with E-state index in [2.05, 4.69) is 5.16 Å². The van der Waals surface area contributed by atoms with Crippen LogP contribution in [0.3, 0.4) is 0 Å². The minimum Gasteiger partial charge on any atom is -0.351 e. The summed E-state index contributed by atoms with van der Waals surface area (Å²) in [6.45, 7) is 4.96. The molecule has 2 rings (SSSR count). The van der Waals surface area contributed by atoms with Crippen molar-refractivity contribution >= 4 is 5.91 Å². The zero-order chi connectivity index (χ0) is 13.0. The molecule has 0 saturated heterocycles. The van der Waals surface area contributed by atoms with Gasteiger partial charge in [-0.25, -0.2) is 0 Å². The fraction of sp³-hybridized carbons (Fsp3) is 0.286. The van der Waals surface area contributed by atoms with Gasteiger partial charge in [-0.05, 0) is 19.4 Å². The average molecular weight is 244 g/mol. The molecular weight excluding hydrogens is 228 g/mol. The summed E-state index contributed by atoms with van der Waals surface area (Å²) in [5.74, 6) is 0.173. The van der Waals surface area contributed by atoms with Crippen molar-refractivity contribution in [2.45, 2.75) is 20.4 Å². The molecule has 1 amide bonds. The van der Waals surface area contributed by atoms with Crippen LogP contribution in [0.2, 0.25) is 0 Å². The first kappa shape index (κ1) is 12.4. The number of carbonyl (C=O) groups excluding carboxylic acids is 1. The molecule has 1 heterocycles. The lowest BCUT2D eigenvalue weighted by Gasteiger charge is -2.19. The van der Waals surface area contributed by atoms with Crippen molar-refractivity contribution in [1.82, 2.24) is 10.1 Å². The molecule has 0 fully saturated rings. The van der Waals surface area contributed by atoms with E-state index in [0.29, 0.717) is 24.5 Å². The molecule has 1 aromatic carbocycles. The fourth-order valence-electron chi connectivity index (χ4n) is 1.75. The Balaban J connectivity index is 2.12. The Morgan fingerprint density at radius 2 is 2.06 bits per heavy atom. The Morgan fingerprint density at radius 1 is 1.33 bits per heavy atom. The maximum absolute atomic E-state index is 12.2. The summed E-state index contributed by atoms with van der Waals surface area (Å²) in [5, 5.41) is 3.74. The van der Waals surface area contributed by atoms with Gasteiger partial charge in [0.2, 0.25) is 5.76 Å². The van der Waals surface area contributed by atoms with E-state index in [1.54, 1.807) is 17.9 Å². The van der Waals surface area contributed by atoms with Crippen LogP contribution in [-0.4, -0.2) is 22.5 Å². The van der Waals surface area contributed by atoms with Crippen LogP contribution in [0.25, 0.3) is 0 Å². The Hall–Kier alpha value is -2.10. The van der Waals surface area contributed by atoms with Gasteiger partial charge < -0.3 is 9.42 Å². The van der Waals surface area contributed by atoms with E-state index >= 15 is 0 Å². The molecule has 1 aromatic heterocycles. The fourth-order valence-corrected chi connectivity index (χ4v) is 1.75. The molecule has 4 heteroatoms. The van der Waals surface area contributed by atoms with Crippen molar-refractivity contribution in [1.29, 1.82) is 0 Å². The first-order chi connectivity index (χ1) is 8.70. The second kappa shape index (κ2) is 5.49. The Labute approximate surface area is 106 Å². The monoisotopic (exact) mass is 244 g/mol. The maximum atomic E-state index is 12.2. The number of amides is 1. The minimum atomic E-state index is -0.123. The molecule has 2 aromatic rings. The van der Waals surface area contributed by atoms with Gasteiger partial charge in [-0.15, -0.1) is 0 Å². The first-order valence-electron chi connectivity index (χ1n) is 5.97. The van der Waals surface area contributed by atoms with Gasteiger partial charge in [0.1, 0.15) is 0 Å². The number of rotatable bonds is 4. The molecule has 0 unspecified atom stereocenters. The summed E-state index contributed by atoms with van der Waals surface area (Å²) in [5.41, 5.74) is 1.82. The molecule has 0 radical (unpaired) electrons. The highest BCUT2D eigenvalue weighted by molar-refractivity contribution is 5.91. The van der Waals surface area contributed by atoms with Crippen LogP contribution in [0.5, 0.6) is 0 Å². The molecule has 0 atom stereocenters. The smallest absolute Gasteiger partial charge is 0.292 e. The molecule has 4 nitrogen and oxygen atoms in total. The van der Waals surface area contributed by atoms with Gasteiger partial charge in [0.05, 0.1) is 5.69 Å². The summed E-state index contributed by atoms with van der Waals surface area (Å²) in [7, 11) is 0. The molecule has 94 valence electrons. The largest absolute Gasteiger partial charge is 0.351 e. The van der Waals surface area contributed by atoms with Crippen LogP contribution in [0.4, 0.5) is 0 Å². The minimum absolute atomic E-state index is 0.123. The van der Waals surface area contributed by atoms with Crippen molar-refractivity contribution in [3.05, 3.63) is 53.4 Å². The maximum Gasteiger partial charge on any atom is 0.292 e. The molecule has 0 aliphatic carbocycles. The molecular formula is C14H16N2O2. The normalized spacial score (nSPS) is 10.3. The number of aryl methyl sites for hydroxylation is 1. The van der Waals surface area contributed by atoms with Crippen LogP contribution in [0.15, 0.2) is 40.9 Å². The molecule has 0 aliphatic heterocycles. The molecule has 0 saturated carbocycles. The SMILES string of the molecule is CCN(Cc1ccccc1)C(=O)c1cc(C)no1. The lowest BCUT2D eigenvalue weighted by molar-refractivity contribution is 0.0710. The summed E-state index contributed by atoms with van der Waals surface area (Å²) < 4.78 is 5.01. The average Bonchev–Trinajstić information content (AvgIpc) is 2.83. The standard InChI is InChI=1S/C14H16N2O2/c1-3-16(10-12-7-5-4-6-8-12)14(17)13-9-11(2)15-18-13/h4-9H,3,10H2,1-2H3. The Kier molecular flexibility index (Phi) is 3.77. The van der Waals surface area contributed by atoms with E-state index in [9.17, 15) is 4.79 Å². The van der Waals surface area contributed by atoms with Crippen molar-refractivity contribution in [3.63, 3.8) is 0 Å². The number of aromatic nitrogens is 1. The third-order valence-corrected chi connectivity index (χ3v) is 2.72. The molecule has 0 bridgehead atoms. The van der Waals surface area contributed by atoms with E-state index in [4.69, 9.17) is 4.52 Å². The van der Waals surface area contributed by atoms with Gasteiger partial charge in [0.15, 0.2) is 0 Å². The molecule has 0 spiro atoms. The van der Waals surface area contributed by atoms with Crippen LogP contribution in [0.1, 0.15) is 28.7 Å². The van der Waals surface area contributed by atoms with Gasteiger partial charge in [0, 0.05) is 19.2 Å². The van der Waals surface area contributed by atoms with Gasteiger partial charge in [0.25, 0.3) is 5.91 Å². The first-order valence-corrected chi connectivity index (χ1v) is 5.97. The van der Waals surface area contributed by atoms with Crippen LogP contribution in [-0.2, 0) is 6.54 Å². The number of hydrogen-bond donors (Lipinski definition) is 0. The number of carbonyl (C=O) groups is 1. The zero-order valence-corrected chi connectivity index (χ0v) is 10.6. The van der Waals surface area contributed by atoms with Crippen molar-refractivity contribution in [2.75, 3.05) is 6.54 Å². The van der Waals surface area contributed by atoms with Crippen molar-refractivity contribution in [2.24, 2.45) is 0 Å². The topological polar surface area (TPSA) is 46.3 Å². The van der Waals surface area contributed by atoms with Gasteiger partial charge in [-0.1, -0.05) is 35.5 Å². The van der Waals surface area contributed by atoms with E-state index in [1.165, 1.54) is 0 Å². The summed E-state index contributed by atoms with van der Waals surface area (Å²) in [6.07, 6.45) is 0. The Morgan fingerprint density at radius 3 is 2.61 bits per heavy atom. The van der Waals surface area contributed by atoms with Crippen LogP contribution >= 0.6 is 0 Å². The lowest BCUT2D eigenvalue weighted by Crippen LogP contribution is -2.30. The van der Waals surface area contributed by atoms with Crippen molar-refractivity contribution in [3.8, 4) is 0 Å². The number of hydrogen-bond acceptors (Lipinski definition) is 3. The van der Waals surface area contributed by atoms with Crippen molar-refractivity contribution < 1.29 is 9.32 Å². The van der Waals surface area contributed by atoms with Crippen LogP contribution < -0.4 is 0 Å². The molecule has 0 N–H and O–H groups in total. The lowest BCUT2D eigenvalue weighted by atomic mass is 10.2. The second-order valence-corrected chi connectivity index (χ2v) is 4.14. The predicted octanol–water partition coefficient (Wildman–Crippen LogP) is 2.65. The number of benzene rings is 1. The van der Waals surface area contributed by atoms with E-state index in [0.717, 1.165) is 5.56 Å². The van der Waals surface area contributed by atoms with E-state index in [1.807, 2.05) is 37.3 Å². The quantitative estimate of drug-likeness (QED) is 0.830. The van der Waals surface area contributed by atoms with Crippen LogP contribution in [0, 0.1) is 6.92 Å². The predicted molar refractivity (Wildman–Crippen MR) is 68.1 cm³/mol. The molecule has 18 heavy (non-hydrogen) atoms. The molecule has 0 aliphatic rings. The summed E-state index contributed by atoms with van der Waals surface area (Å²) in [6, 6.07) is 11.6. The van der Waals surface area contributed by atoms with Gasteiger partial charge >= 0.3 is 0 Å². The van der Waals surface area contributed by atoms with E-state index < -0.39 is 0 Å².